The molecule has 0 aliphatic heterocycles. The molecule has 0 fully saturated rings. The molecule has 0 saturated heterocycles. The molecule has 0 aromatic heterocycles. The molecule has 22 heteroatoms. The van der Waals surface area contributed by atoms with Gasteiger partial charge in [0, 0.05) is 11.1 Å². The Balaban J connectivity index is -0.000000471. The van der Waals surface area contributed by atoms with E-state index in [4.69, 9.17) is 63.8 Å². The third-order valence-electron chi connectivity index (χ3n) is 8.39. The number of alkyl halides is 2. The van der Waals surface area contributed by atoms with Crippen molar-refractivity contribution in [3.05, 3.63) is 142 Å². The van der Waals surface area contributed by atoms with E-state index in [1.54, 1.807) is 52.0 Å². The molecule has 0 bridgehead atoms. The largest absolute Gasteiger partial charge is 1.00 e. The molecule has 0 unspecified atom stereocenters. The molecule has 4 rings (SSSR count). The van der Waals surface area contributed by atoms with E-state index >= 15 is 0 Å². The van der Waals surface area contributed by atoms with Crippen molar-refractivity contribution in [1.29, 1.82) is 0 Å². The Morgan fingerprint density at radius 3 is 1.39 bits per heavy atom. The van der Waals surface area contributed by atoms with Crippen LogP contribution in [0.4, 0.5) is 9.59 Å². The smallest absolute Gasteiger partial charge is 1.00 e. The first-order valence-electron chi connectivity index (χ1n) is 20.6. The van der Waals surface area contributed by atoms with Crippen LogP contribution in [0.2, 0.25) is 0 Å². The molecule has 0 aliphatic rings. The standard InChI is InChI=1S/C23H28N2O5.C14H20N2O4.C9H9ClO.CH2Cl2.CH2O3.2K.H/c1-6-29-21(27)23(4,5)25(20(26)19-13-16(2)12-17(3)14-19)24-22(28)30-15-18-10-8-7-9-11-18;1-4-19-12(17)14(2,3)16-15-13(18)20-10-11-8-6-5-7-9-11;1-6-3-7(2)5-8(4-6)9(10)11;2-1-3;2-1-4-3;;;/h7-14H,6,15H2,1-5H3,(H,24,28);5-9,16H,4,10H2,1-3H3,(H,15,18);3-5H,1-2H3;1H2;1,3H;;;/q;;;;;2*+1;-1/p-1. The number of esters is 2. The molecule has 70 heavy (non-hydrogen) atoms. The van der Waals surface area contributed by atoms with E-state index in [0.717, 1.165) is 38.4 Å². The van der Waals surface area contributed by atoms with Gasteiger partial charge in [0.05, 0.1) is 18.6 Å². The topological polar surface area (TPSA) is 228 Å². The number of hydrogen-bond donors (Lipinski definition) is 3. The number of rotatable bonds is 14. The van der Waals surface area contributed by atoms with Gasteiger partial charge in [-0.05, 0) is 116 Å². The van der Waals surface area contributed by atoms with Crippen LogP contribution in [0.1, 0.15) is 97.1 Å². The van der Waals surface area contributed by atoms with Crippen LogP contribution in [0.5, 0.6) is 0 Å². The summed E-state index contributed by atoms with van der Waals surface area (Å²) in [5.74, 6) is -1.65. The molecule has 3 N–H and O–H groups in total. The molecular weight excluding hydrogens is 1030 g/mol. The van der Waals surface area contributed by atoms with Crippen molar-refractivity contribution in [2.75, 3.05) is 18.6 Å². The van der Waals surface area contributed by atoms with Crippen LogP contribution in [0, 0.1) is 27.7 Å². The van der Waals surface area contributed by atoms with Gasteiger partial charge in [0.15, 0.2) is 5.54 Å². The third-order valence-corrected chi connectivity index (χ3v) is 8.60. The van der Waals surface area contributed by atoms with Crippen molar-refractivity contribution >= 4 is 76.5 Å². The quantitative estimate of drug-likeness (QED) is 0.0241. The number of carbonyl (C=O) groups excluding carboxylic acids is 7. The zero-order valence-electron chi connectivity index (χ0n) is 42.7. The number of carbonyl (C=O) groups is 7. The molecule has 0 radical (unpaired) electrons. The molecule has 0 spiro atoms. The molecule has 3 amide bonds. The van der Waals surface area contributed by atoms with Gasteiger partial charge < -0.3 is 30.5 Å². The van der Waals surface area contributed by atoms with Crippen molar-refractivity contribution in [2.24, 2.45) is 0 Å². The Kier molecular flexibility index (Phi) is 40.3. The van der Waals surface area contributed by atoms with E-state index in [1.165, 1.54) is 13.8 Å². The van der Waals surface area contributed by atoms with E-state index in [-0.39, 0.29) is 142 Å². The van der Waals surface area contributed by atoms with Crippen LogP contribution in [0.3, 0.4) is 0 Å². The molecule has 0 saturated carbocycles. The zero-order valence-corrected chi connectivity index (χ0v) is 50.3. The summed E-state index contributed by atoms with van der Waals surface area (Å²) < 4.78 is 20.2. The number of hydrogen-bond acceptors (Lipinski definition) is 14. The number of nitrogens with zero attached hydrogens (tertiary/aromatic N) is 1. The van der Waals surface area contributed by atoms with Crippen molar-refractivity contribution in [2.45, 2.75) is 93.5 Å². The average molecular weight is 1090 g/mol. The Morgan fingerprint density at radius 1 is 0.643 bits per heavy atom. The molecule has 17 nitrogen and oxygen atoms in total. The van der Waals surface area contributed by atoms with Gasteiger partial charge in [-0.2, -0.15) is 0 Å². The van der Waals surface area contributed by atoms with Gasteiger partial charge in [-0.25, -0.2) is 30.2 Å². The number of benzene rings is 4. The normalized spacial score (nSPS) is 9.80. The first kappa shape index (κ1) is 71.3. The summed E-state index contributed by atoms with van der Waals surface area (Å²) in [5.41, 5.74) is 11.3. The first-order chi connectivity index (χ1) is 32.0. The van der Waals surface area contributed by atoms with E-state index in [2.05, 4.69) is 21.2 Å². The van der Waals surface area contributed by atoms with Crippen LogP contribution >= 0.6 is 34.8 Å². The van der Waals surface area contributed by atoms with Crippen LogP contribution < -0.4 is 124 Å². The maximum Gasteiger partial charge on any atom is 1.00 e. The summed E-state index contributed by atoms with van der Waals surface area (Å²) in [6.07, 6.45) is -1.51. The predicted molar refractivity (Wildman–Crippen MR) is 257 cm³/mol. The SMILES string of the molecule is CCOC(=O)C(C)(C)N(NC(=O)OCc1ccccc1)C(=O)c1cc(C)cc(C)c1.CCOC(=O)C(C)(C)NNC(=O)OCc1ccccc1.Cc1cc(C)cc(C(=O)Cl)c1.ClCCl.O=CO[O-].[H-].[K+].[K+]. The maximum atomic E-state index is 13.3. The first-order valence-corrected chi connectivity index (χ1v) is 22.1. The molecular formula is C48H61Cl3K2N4O13. The van der Waals surface area contributed by atoms with Crippen LogP contribution in [0.25, 0.3) is 0 Å². The van der Waals surface area contributed by atoms with Crippen LogP contribution in [-0.2, 0) is 51.4 Å². The maximum absolute atomic E-state index is 13.3. The van der Waals surface area contributed by atoms with Gasteiger partial charge >= 0.3 is 127 Å². The summed E-state index contributed by atoms with van der Waals surface area (Å²) in [6.45, 7) is 17.6. The minimum Gasteiger partial charge on any atom is -1.00 e. The molecule has 4 aromatic carbocycles. The van der Waals surface area contributed by atoms with Crippen LogP contribution in [0.15, 0.2) is 97.1 Å². The van der Waals surface area contributed by atoms with E-state index in [1.807, 2.05) is 100 Å². The fourth-order valence-corrected chi connectivity index (χ4v) is 5.44. The summed E-state index contributed by atoms with van der Waals surface area (Å²) >= 11 is 14.8. The summed E-state index contributed by atoms with van der Waals surface area (Å²) in [4.78, 5) is 83.3. The summed E-state index contributed by atoms with van der Waals surface area (Å²) in [6, 6.07) is 29.3. The van der Waals surface area contributed by atoms with Crippen molar-refractivity contribution < 1.29 is 167 Å². The summed E-state index contributed by atoms with van der Waals surface area (Å²) in [7, 11) is 0. The third kappa shape index (κ3) is 30.2. The summed E-state index contributed by atoms with van der Waals surface area (Å²) in [5, 5.41) is 9.20. The van der Waals surface area contributed by atoms with Crippen molar-refractivity contribution in [3.63, 3.8) is 0 Å². The van der Waals surface area contributed by atoms with E-state index in [9.17, 15) is 28.8 Å². The van der Waals surface area contributed by atoms with Crippen molar-refractivity contribution in [1.82, 2.24) is 21.3 Å². The van der Waals surface area contributed by atoms with E-state index in [0.29, 0.717) is 11.1 Å². The fourth-order valence-electron chi connectivity index (χ4n) is 5.33. The van der Waals surface area contributed by atoms with E-state index < -0.39 is 46.4 Å². The van der Waals surface area contributed by atoms with Gasteiger partial charge in [-0.1, -0.05) is 95.1 Å². The zero-order chi connectivity index (χ0) is 51.9. The molecule has 4 aromatic rings. The average Bonchev–Trinajstić information content (AvgIpc) is 3.29. The number of hydrazine groups is 2. The van der Waals surface area contributed by atoms with Gasteiger partial charge in [-0.3, -0.25) is 24.6 Å². The second-order valence-corrected chi connectivity index (χ2v) is 16.2. The number of amides is 3. The Labute approximate surface area is 511 Å². The van der Waals surface area contributed by atoms with Gasteiger partial charge in [0.1, 0.15) is 18.8 Å². The second kappa shape index (κ2) is 39.5. The molecule has 0 heterocycles. The number of halogens is 3. The Bertz CT molecular complexity index is 2180. The second-order valence-electron chi connectivity index (χ2n) is 15.1. The van der Waals surface area contributed by atoms with Crippen molar-refractivity contribution in [3.8, 4) is 0 Å². The minimum absolute atomic E-state index is 0. The monoisotopic (exact) mass is 1080 g/mol. The van der Waals surface area contributed by atoms with Crippen LogP contribution in [-0.4, -0.2) is 76.4 Å². The fraction of sp³-hybridized carbons (Fsp3) is 0.354. The Morgan fingerprint density at radius 2 is 1.01 bits per heavy atom. The van der Waals surface area contributed by atoms with Gasteiger partial charge in [0.25, 0.3) is 17.6 Å². The molecule has 0 aliphatic carbocycles. The predicted octanol–water partition coefficient (Wildman–Crippen LogP) is 2.35. The minimum atomic E-state index is -1.46. The van der Waals surface area contributed by atoms with Gasteiger partial charge in [0.2, 0.25) is 0 Å². The number of ether oxygens (including phenoxy) is 4. The number of nitrogens with one attached hydrogen (secondary N) is 3. The molecule has 374 valence electrons. The molecule has 0 atom stereocenters. The van der Waals surface area contributed by atoms with Gasteiger partial charge in [-0.15, -0.1) is 23.2 Å². The Hall–Kier alpha value is -2.97. The number of aryl methyl sites for hydroxylation is 4.